The molecular weight excluding hydrogens is 313 g/mol. The van der Waals surface area contributed by atoms with Gasteiger partial charge in [0.2, 0.25) is 5.91 Å². The van der Waals surface area contributed by atoms with Crippen LogP contribution in [0.4, 0.5) is 18.0 Å². The van der Waals surface area contributed by atoms with Crippen molar-refractivity contribution in [3.8, 4) is 0 Å². The van der Waals surface area contributed by atoms with E-state index < -0.39 is 37.3 Å². The van der Waals surface area contributed by atoms with E-state index in [4.69, 9.17) is 4.74 Å². The zero-order valence-electron chi connectivity index (χ0n) is 12.5. The Morgan fingerprint density at radius 1 is 1.35 bits per heavy atom. The SMILES string of the molecule is CCN(CC(F)(F)F)C(=O)CN1C(=O)OCC1c1ccccc1. The lowest BCUT2D eigenvalue weighted by Gasteiger charge is -2.26. The van der Waals surface area contributed by atoms with E-state index in [0.29, 0.717) is 4.90 Å². The van der Waals surface area contributed by atoms with Crippen molar-refractivity contribution in [3.63, 3.8) is 0 Å². The maximum absolute atomic E-state index is 12.5. The van der Waals surface area contributed by atoms with Gasteiger partial charge in [0.15, 0.2) is 0 Å². The van der Waals surface area contributed by atoms with Crippen LogP contribution in [0.5, 0.6) is 0 Å². The van der Waals surface area contributed by atoms with Gasteiger partial charge in [0.1, 0.15) is 19.7 Å². The Kier molecular flexibility index (Phi) is 5.12. The molecule has 1 atom stereocenters. The first kappa shape index (κ1) is 17.1. The van der Waals surface area contributed by atoms with Gasteiger partial charge in [-0.1, -0.05) is 30.3 Å². The number of hydrogen-bond acceptors (Lipinski definition) is 3. The molecule has 1 saturated heterocycles. The number of cyclic esters (lactones) is 1. The minimum absolute atomic E-state index is 0.0710. The van der Waals surface area contributed by atoms with Crippen molar-refractivity contribution in [1.82, 2.24) is 9.80 Å². The highest BCUT2D eigenvalue weighted by molar-refractivity contribution is 5.83. The highest BCUT2D eigenvalue weighted by Crippen LogP contribution is 2.27. The van der Waals surface area contributed by atoms with Crippen molar-refractivity contribution in [3.05, 3.63) is 35.9 Å². The molecule has 2 amide bonds. The smallest absolute Gasteiger partial charge is 0.410 e. The average molecular weight is 330 g/mol. The van der Waals surface area contributed by atoms with Crippen LogP contribution in [0.1, 0.15) is 18.5 Å². The largest absolute Gasteiger partial charge is 0.447 e. The molecule has 0 saturated carbocycles. The average Bonchev–Trinajstić information content (AvgIpc) is 2.86. The molecule has 8 heteroatoms. The van der Waals surface area contributed by atoms with Gasteiger partial charge in [-0.2, -0.15) is 13.2 Å². The molecule has 0 aliphatic carbocycles. The van der Waals surface area contributed by atoms with E-state index in [2.05, 4.69) is 0 Å². The van der Waals surface area contributed by atoms with Gasteiger partial charge < -0.3 is 9.64 Å². The van der Waals surface area contributed by atoms with Crippen LogP contribution >= 0.6 is 0 Å². The normalized spacial score (nSPS) is 18.0. The first-order valence-electron chi connectivity index (χ1n) is 7.14. The minimum atomic E-state index is -4.48. The van der Waals surface area contributed by atoms with Crippen molar-refractivity contribution >= 4 is 12.0 Å². The highest BCUT2D eigenvalue weighted by Gasteiger charge is 2.38. The molecule has 1 fully saturated rings. The maximum Gasteiger partial charge on any atom is 0.410 e. The summed E-state index contributed by atoms with van der Waals surface area (Å²) in [5.41, 5.74) is 0.769. The molecule has 1 unspecified atom stereocenters. The number of nitrogens with zero attached hydrogens (tertiary/aromatic N) is 2. The molecule has 0 aromatic heterocycles. The van der Waals surface area contributed by atoms with Crippen LogP contribution in [0, 0.1) is 0 Å². The van der Waals surface area contributed by atoms with E-state index in [9.17, 15) is 22.8 Å². The fraction of sp³-hybridized carbons (Fsp3) is 0.467. The van der Waals surface area contributed by atoms with Gasteiger partial charge in [-0.3, -0.25) is 9.69 Å². The molecule has 126 valence electrons. The number of ether oxygens (including phenoxy) is 1. The van der Waals surface area contributed by atoms with Crippen molar-refractivity contribution < 1.29 is 27.5 Å². The van der Waals surface area contributed by atoms with Crippen LogP contribution in [0.2, 0.25) is 0 Å². The predicted molar refractivity (Wildman–Crippen MR) is 75.5 cm³/mol. The maximum atomic E-state index is 12.5. The Balaban J connectivity index is 2.09. The Labute approximate surface area is 131 Å². The summed E-state index contributed by atoms with van der Waals surface area (Å²) in [4.78, 5) is 25.7. The predicted octanol–water partition coefficient (Wildman–Crippen LogP) is 2.59. The van der Waals surface area contributed by atoms with Crippen LogP contribution in [-0.2, 0) is 9.53 Å². The molecule has 0 radical (unpaired) electrons. The third-order valence-corrected chi connectivity index (χ3v) is 3.57. The molecule has 2 rings (SSSR count). The zero-order chi connectivity index (χ0) is 17.0. The summed E-state index contributed by atoms with van der Waals surface area (Å²) in [7, 11) is 0. The number of alkyl halides is 3. The third-order valence-electron chi connectivity index (χ3n) is 3.57. The van der Waals surface area contributed by atoms with Crippen molar-refractivity contribution in [2.24, 2.45) is 0 Å². The van der Waals surface area contributed by atoms with E-state index in [1.54, 1.807) is 30.3 Å². The Hall–Kier alpha value is -2.25. The van der Waals surface area contributed by atoms with E-state index in [-0.39, 0.29) is 13.2 Å². The summed E-state index contributed by atoms with van der Waals surface area (Å²) >= 11 is 0. The van der Waals surface area contributed by atoms with E-state index in [0.717, 1.165) is 10.5 Å². The second kappa shape index (κ2) is 6.89. The quantitative estimate of drug-likeness (QED) is 0.834. The summed E-state index contributed by atoms with van der Waals surface area (Å²) in [6.07, 6.45) is -5.17. The van der Waals surface area contributed by atoms with Crippen molar-refractivity contribution in [2.45, 2.75) is 19.1 Å². The molecule has 1 aromatic rings. The molecule has 1 aliphatic rings. The van der Waals surface area contributed by atoms with Gasteiger partial charge in [-0.25, -0.2) is 4.79 Å². The second-order valence-electron chi connectivity index (χ2n) is 5.15. The summed E-state index contributed by atoms with van der Waals surface area (Å²) in [5, 5.41) is 0. The molecule has 1 heterocycles. The van der Waals surface area contributed by atoms with Crippen LogP contribution in [-0.4, -0.2) is 54.2 Å². The summed E-state index contributed by atoms with van der Waals surface area (Å²) in [6, 6.07) is 8.44. The lowest BCUT2D eigenvalue weighted by atomic mass is 10.1. The van der Waals surface area contributed by atoms with Gasteiger partial charge in [0, 0.05) is 6.54 Å². The number of carbonyl (C=O) groups is 2. The van der Waals surface area contributed by atoms with Gasteiger partial charge in [0.25, 0.3) is 0 Å². The monoisotopic (exact) mass is 330 g/mol. The number of hydrogen-bond donors (Lipinski definition) is 0. The number of amides is 2. The van der Waals surface area contributed by atoms with Crippen molar-refractivity contribution in [1.29, 1.82) is 0 Å². The van der Waals surface area contributed by atoms with Gasteiger partial charge in [-0.15, -0.1) is 0 Å². The van der Waals surface area contributed by atoms with Gasteiger partial charge in [0.05, 0.1) is 6.04 Å². The summed E-state index contributed by atoms with van der Waals surface area (Å²) in [5.74, 6) is -0.760. The van der Waals surface area contributed by atoms with Crippen LogP contribution in [0.25, 0.3) is 0 Å². The molecule has 1 aliphatic heterocycles. The molecule has 5 nitrogen and oxygen atoms in total. The van der Waals surface area contributed by atoms with Gasteiger partial charge >= 0.3 is 12.3 Å². The Morgan fingerprint density at radius 3 is 2.57 bits per heavy atom. The van der Waals surface area contributed by atoms with Crippen LogP contribution in [0.3, 0.4) is 0 Å². The molecule has 1 aromatic carbocycles. The number of carbonyl (C=O) groups excluding carboxylic acids is 2. The summed E-state index contributed by atoms with van der Waals surface area (Å²) < 4.78 is 42.4. The Bertz CT molecular complexity index is 563. The third kappa shape index (κ3) is 4.37. The lowest BCUT2D eigenvalue weighted by Crippen LogP contribution is -2.45. The highest BCUT2D eigenvalue weighted by atomic mass is 19.4. The second-order valence-corrected chi connectivity index (χ2v) is 5.15. The number of benzene rings is 1. The van der Waals surface area contributed by atoms with Crippen molar-refractivity contribution in [2.75, 3.05) is 26.2 Å². The van der Waals surface area contributed by atoms with Gasteiger partial charge in [-0.05, 0) is 12.5 Å². The van der Waals surface area contributed by atoms with E-state index in [1.807, 2.05) is 0 Å². The standard InChI is InChI=1S/C15H17F3N2O3/c1-2-19(10-15(16,17)18)13(21)8-20-12(9-23-14(20)22)11-6-4-3-5-7-11/h3-7,12H,2,8-10H2,1H3. The number of halogens is 3. The van der Waals surface area contributed by atoms with Crippen LogP contribution in [0.15, 0.2) is 30.3 Å². The molecule has 23 heavy (non-hydrogen) atoms. The summed E-state index contributed by atoms with van der Waals surface area (Å²) in [6.45, 7) is -0.330. The number of rotatable bonds is 5. The molecule has 0 N–H and O–H groups in total. The van der Waals surface area contributed by atoms with E-state index >= 15 is 0 Å². The zero-order valence-corrected chi connectivity index (χ0v) is 12.5. The van der Waals surface area contributed by atoms with E-state index in [1.165, 1.54) is 6.92 Å². The first-order chi connectivity index (χ1) is 10.8. The lowest BCUT2D eigenvalue weighted by molar-refractivity contribution is -0.161. The first-order valence-corrected chi connectivity index (χ1v) is 7.14. The molecule has 0 spiro atoms. The fourth-order valence-corrected chi connectivity index (χ4v) is 2.41. The topological polar surface area (TPSA) is 49.9 Å². The van der Waals surface area contributed by atoms with Crippen LogP contribution < -0.4 is 0 Å². The fourth-order valence-electron chi connectivity index (χ4n) is 2.41. The minimum Gasteiger partial charge on any atom is -0.447 e. The molecule has 0 bridgehead atoms. The Morgan fingerprint density at radius 2 is 2.00 bits per heavy atom. The number of likely N-dealkylation sites (N-methyl/N-ethyl adjacent to an activating group) is 1. The molecular formula is C15H17F3N2O3.